The van der Waals surface area contributed by atoms with Crippen LogP contribution in [0.2, 0.25) is 0 Å². The van der Waals surface area contributed by atoms with Crippen LogP contribution in [0.4, 0.5) is 19.4 Å². The fourth-order valence-electron chi connectivity index (χ4n) is 5.71. The van der Waals surface area contributed by atoms with E-state index in [1.807, 2.05) is 18.0 Å². The third kappa shape index (κ3) is 6.89. The topological polar surface area (TPSA) is 155 Å². The van der Waals surface area contributed by atoms with Crippen molar-refractivity contribution in [2.75, 3.05) is 60.0 Å². The van der Waals surface area contributed by atoms with Gasteiger partial charge in [0, 0.05) is 39.9 Å². The number of urea groups is 1. The fourth-order valence-corrected chi connectivity index (χ4v) is 5.71. The number of amides is 3. The molecule has 2 N–H and O–H groups in total. The summed E-state index contributed by atoms with van der Waals surface area (Å²) in [7, 11) is 7.35. The Balaban J connectivity index is 1.40. The van der Waals surface area contributed by atoms with E-state index in [1.165, 1.54) is 45.7 Å². The number of carbonyl (C=O) groups excluding carboxylic acids is 2. The zero-order valence-electron chi connectivity index (χ0n) is 26.8. The maximum Gasteiger partial charge on any atom is 0.321 e. The molecule has 1 fully saturated rings. The van der Waals surface area contributed by atoms with Crippen molar-refractivity contribution in [3.05, 3.63) is 64.4 Å². The lowest BCUT2D eigenvalue weighted by atomic mass is 9.95. The van der Waals surface area contributed by atoms with Crippen LogP contribution in [-0.2, 0) is 33.8 Å². The summed E-state index contributed by atoms with van der Waals surface area (Å²) < 4.78 is 56.2. The number of likely N-dealkylation sites (N-methyl/N-ethyl adjacent to an activating group) is 1. The molecule has 1 atom stereocenters. The molecule has 0 spiro atoms. The number of carbonyl (C=O) groups is 2. The van der Waals surface area contributed by atoms with Gasteiger partial charge < -0.3 is 34.3 Å². The SMILES string of the molecule is COc1cc(OC)c(F)c(COc2cnc(C3CCc4cc(CN5CCN(C)CC5=O)c(C(OC)OC)nc4N3C(N)=O)nc2)c1F. The molecule has 3 aromatic rings. The molecule has 252 valence electrons. The Kier molecular flexibility index (Phi) is 10.3. The van der Waals surface area contributed by atoms with E-state index in [9.17, 15) is 18.4 Å². The minimum atomic E-state index is -0.921. The van der Waals surface area contributed by atoms with E-state index in [0.717, 1.165) is 23.7 Å². The molecular weight excluding hydrogens is 620 g/mol. The number of halogens is 2. The van der Waals surface area contributed by atoms with Gasteiger partial charge in [-0.3, -0.25) is 14.6 Å². The number of fused-ring (bicyclic) bond motifs is 1. The predicted octanol–water partition coefficient (Wildman–Crippen LogP) is 2.88. The molecular formula is C31H37F2N7O7. The van der Waals surface area contributed by atoms with Crippen LogP contribution < -0.4 is 24.8 Å². The lowest BCUT2D eigenvalue weighted by molar-refractivity contribution is -0.136. The molecule has 0 aliphatic carbocycles. The van der Waals surface area contributed by atoms with Gasteiger partial charge in [0.2, 0.25) is 12.2 Å². The van der Waals surface area contributed by atoms with Crippen molar-refractivity contribution in [2.24, 2.45) is 5.73 Å². The first-order valence-corrected chi connectivity index (χ1v) is 14.8. The summed E-state index contributed by atoms with van der Waals surface area (Å²) in [5.74, 6) is -1.55. The minimum Gasteiger partial charge on any atom is -0.494 e. The van der Waals surface area contributed by atoms with Crippen molar-refractivity contribution in [1.82, 2.24) is 24.8 Å². The number of ether oxygens (including phenoxy) is 5. The van der Waals surface area contributed by atoms with Gasteiger partial charge in [-0.2, -0.15) is 0 Å². The van der Waals surface area contributed by atoms with E-state index in [4.69, 9.17) is 34.4 Å². The number of aryl methyl sites for hydroxylation is 1. The molecule has 5 rings (SSSR count). The number of nitrogens with zero attached hydrogens (tertiary/aromatic N) is 6. The van der Waals surface area contributed by atoms with Gasteiger partial charge in [-0.25, -0.2) is 28.5 Å². The van der Waals surface area contributed by atoms with Gasteiger partial charge in [-0.15, -0.1) is 0 Å². The third-order valence-corrected chi connectivity index (χ3v) is 8.17. The van der Waals surface area contributed by atoms with Gasteiger partial charge in [0.25, 0.3) is 0 Å². The van der Waals surface area contributed by atoms with E-state index < -0.39 is 42.2 Å². The summed E-state index contributed by atoms with van der Waals surface area (Å²) in [6.45, 7) is 1.41. The minimum absolute atomic E-state index is 0.00398. The summed E-state index contributed by atoms with van der Waals surface area (Å²) in [6.07, 6.45) is 2.72. The Morgan fingerprint density at radius 1 is 1.04 bits per heavy atom. The van der Waals surface area contributed by atoms with Crippen molar-refractivity contribution in [2.45, 2.75) is 38.3 Å². The molecule has 1 saturated heterocycles. The highest BCUT2D eigenvalue weighted by atomic mass is 19.1. The second kappa shape index (κ2) is 14.4. The highest BCUT2D eigenvalue weighted by Crippen LogP contribution is 2.39. The zero-order valence-corrected chi connectivity index (χ0v) is 26.8. The van der Waals surface area contributed by atoms with Crippen molar-refractivity contribution < 1.29 is 42.1 Å². The molecule has 1 aromatic carbocycles. The number of hydrogen-bond donors (Lipinski definition) is 1. The fraction of sp³-hybridized carbons (Fsp3) is 0.452. The molecule has 3 amide bonds. The number of pyridine rings is 1. The molecule has 0 saturated carbocycles. The van der Waals surface area contributed by atoms with Gasteiger partial charge >= 0.3 is 6.03 Å². The number of benzene rings is 1. The smallest absolute Gasteiger partial charge is 0.321 e. The summed E-state index contributed by atoms with van der Waals surface area (Å²) in [5.41, 5.74) is 7.40. The number of anilines is 1. The molecule has 2 aliphatic heterocycles. The van der Waals surface area contributed by atoms with Gasteiger partial charge in [-0.1, -0.05) is 0 Å². The van der Waals surface area contributed by atoms with Crippen LogP contribution in [0.15, 0.2) is 24.5 Å². The van der Waals surface area contributed by atoms with E-state index in [1.54, 1.807) is 4.90 Å². The molecule has 2 aliphatic rings. The Bertz CT molecular complexity index is 1600. The van der Waals surface area contributed by atoms with Crippen molar-refractivity contribution >= 4 is 17.8 Å². The van der Waals surface area contributed by atoms with Gasteiger partial charge in [-0.05, 0) is 37.1 Å². The molecule has 47 heavy (non-hydrogen) atoms. The number of nitrogens with two attached hydrogens (primary N) is 1. The first kappa shape index (κ1) is 33.7. The second-order valence-corrected chi connectivity index (χ2v) is 11.1. The zero-order chi connectivity index (χ0) is 33.8. The van der Waals surface area contributed by atoms with Crippen LogP contribution in [0.1, 0.15) is 47.0 Å². The van der Waals surface area contributed by atoms with Crippen molar-refractivity contribution in [1.29, 1.82) is 0 Å². The van der Waals surface area contributed by atoms with Crippen LogP contribution in [0.25, 0.3) is 0 Å². The standard InChI is InChI=1S/C31H37F2N7O7/c1-38-8-9-39(24(41)15-38)14-18-10-17-6-7-21(40(31(34)42)29(17)37-27(18)30(45-4)46-5)28-35-12-19(13-36-28)47-16-20-25(32)22(43-2)11-23(44-3)26(20)33/h10-13,21,30H,6-9,14-16H2,1-5H3,(H2,34,42). The third-order valence-electron chi connectivity index (χ3n) is 8.17. The molecule has 16 heteroatoms. The summed E-state index contributed by atoms with van der Waals surface area (Å²) in [6, 6.07) is 1.56. The van der Waals surface area contributed by atoms with E-state index >= 15 is 0 Å². The molecule has 0 radical (unpaired) electrons. The Labute approximate surface area is 270 Å². The molecule has 2 aromatic heterocycles. The maximum absolute atomic E-state index is 14.8. The maximum atomic E-state index is 14.8. The predicted molar refractivity (Wildman–Crippen MR) is 163 cm³/mol. The van der Waals surface area contributed by atoms with Crippen molar-refractivity contribution in [3.63, 3.8) is 0 Å². The van der Waals surface area contributed by atoms with E-state index in [-0.39, 0.29) is 29.0 Å². The monoisotopic (exact) mass is 657 g/mol. The normalized spacial score (nSPS) is 16.8. The van der Waals surface area contributed by atoms with Gasteiger partial charge in [0.05, 0.1) is 38.7 Å². The highest BCUT2D eigenvalue weighted by Gasteiger charge is 2.36. The Morgan fingerprint density at radius 3 is 2.28 bits per heavy atom. The van der Waals surface area contributed by atoms with Crippen LogP contribution in [0.3, 0.4) is 0 Å². The number of aromatic nitrogens is 3. The Hall–Kier alpha value is -4.67. The van der Waals surface area contributed by atoms with E-state index in [2.05, 4.69) is 9.97 Å². The highest BCUT2D eigenvalue weighted by molar-refractivity contribution is 5.91. The molecule has 1 unspecified atom stereocenters. The number of methoxy groups -OCH3 is 4. The second-order valence-electron chi connectivity index (χ2n) is 11.1. The summed E-state index contributed by atoms with van der Waals surface area (Å²) in [5, 5.41) is 0. The molecule has 14 nitrogen and oxygen atoms in total. The molecule has 4 heterocycles. The largest absolute Gasteiger partial charge is 0.494 e. The Morgan fingerprint density at radius 2 is 1.70 bits per heavy atom. The van der Waals surface area contributed by atoms with Gasteiger partial charge in [0.1, 0.15) is 24.2 Å². The first-order valence-electron chi connectivity index (χ1n) is 14.8. The lowest BCUT2D eigenvalue weighted by Crippen LogP contribution is -2.48. The average molecular weight is 658 g/mol. The van der Waals surface area contributed by atoms with Gasteiger partial charge in [0.15, 0.2) is 34.7 Å². The number of rotatable bonds is 11. The first-order chi connectivity index (χ1) is 22.6. The van der Waals surface area contributed by atoms with Crippen LogP contribution in [0, 0.1) is 11.6 Å². The summed E-state index contributed by atoms with van der Waals surface area (Å²) in [4.78, 5) is 44.3. The molecule has 0 bridgehead atoms. The van der Waals surface area contributed by atoms with Crippen molar-refractivity contribution in [3.8, 4) is 17.2 Å². The van der Waals surface area contributed by atoms with Crippen LogP contribution in [0.5, 0.6) is 17.2 Å². The summed E-state index contributed by atoms with van der Waals surface area (Å²) >= 11 is 0. The number of primary amides is 1. The average Bonchev–Trinajstić information content (AvgIpc) is 3.06. The van der Waals surface area contributed by atoms with Crippen LogP contribution >= 0.6 is 0 Å². The lowest BCUT2D eigenvalue weighted by Gasteiger charge is -2.36. The number of piperazine rings is 1. The number of hydrogen-bond acceptors (Lipinski definition) is 11. The van der Waals surface area contributed by atoms with Crippen LogP contribution in [-0.4, -0.2) is 91.8 Å². The van der Waals surface area contributed by atoms with E-state index in [0.29, 0.717) is 44.0 Å². The quantitative estimate of drug-likeness (QED) is 0.303.